The highest BCUT2D eigenvalue weighted by Crippen LogP contribution is 2.34. The summed E-state index contributed by atoms with van der Waals surface area (Å²) in [6.45, 7) is 5.64. The van der Waals surface area contributed by atoms with Crippen molar-refractivity contribution in [1.82, 2.24) is 9.80 Å². The number of likely N-dealkylation sites (N-methyl/N-ethyl adjacent to an activating group) is 1. The van der Waals surface area contributed by atoms with Gasteiger partial charge in [0.05, 0.1) is 11.8 Å². The van der Waals surface area contributed by atoms with E-state index in [1.54, 1.807) is 0 Å². The van der Waals surface area contributed by atoms with Gasteiger partial charge in [-0.25, -0.2) is 0 Å². The number of carbonyl (C=O) groups excluding carboxylic acids is 1. The monoisotopic (exact) mass is 268 g/mol. The van der Waals surface area contributed by atoms with E-state index >= 15 is 0 Å². The van der Waals surface area contributed by atoms with E-state index in [1.165, 1.54) is 0 Å². The minimum Gasteiger partial charge on any atom is -0.481 e. The predicted octanol–water partition coefficient (Wildman–Crippen LogP) is 1.04. The van der Waals surface area contributed by atoms with Gasteiger partial charge in [-0.15, -0.1) is 0 Å². The van der Waals surface area contributed by atoms with Crippen LogP contribution in [0.25, 0.3) is 0 Å². The van der Waals surface area contributed by atoms with E-state index in [1.807, 2.05) is 4.90 Å². The highest BCUT2D eigenvalue weighted by Gasteiger charge is 2.41. The Morgan fingerprint density at radius 1 is 1.05 bits per heavy atom. The first-order valence-corrected chi connectivity index (χ1v) is 7.15. The van der Waals surface area contributed by atoms with E-state index in [0.29, 0.717) is 31.6 Å². The van der Waals surface area contributed by atoms with Crippen LogP contribution in [0, 0.1) is 11.8 Å². The van der Waals surface area contributed by atoms with E-state index < -0.39 is 11.9 Å². The number of nitrogens with zero attached hydrogens (tertiary/aromatic N) is 2. The lowest BCUT2D eigenvalue weighted by Crippen LogP contribution is -2.57. The van der Waals surface area contributed by atoms with Crippen molar-refractivity contribution in [3.05, 3.63) is 0 Å². The van der Waals surface area contributed by atoms with Gasteiger partial charge in [0, 0.05) is 25.2 Å². The average molecular weight is 268 g/mol. The van der Waals surface area contributed by atoms with Crippen LogP contribution < -0.4 is 0 Å². The number of hydrogen-bond donors (Lipinski definition) is 1. The highest BCUT2D eigenvalue weighted by atomic mass is 16.4. The number of carbonyl (C=O) groups is 2. The van der Waals surface area contributed by atoms with Crippen molar-refractivity contribution in [2.75, 3.05) is 20.1 Å². The van der Waals surface area contributed by atoms with Crippen molar-refractivity contribution < 1.29 is 14.7 Å². The molecule has 2 rings (SSSR count). The second kappa shape index (κ2) is 5.49. The van der Waals surface area contributed by atoms with Crippen LogP contribution in [0.5, 0.6) is 0 Å². The molecule has 4 atom stereocenters. The molecule has 0 aromatic carbocycles. The maximum absolute atomic E-state index is 12.6. The molecule has 1 amide bonds. The molecular formula is C14H24N2O3. The Bertz CT molecular complexity index is 360. The molecule has 108 valence electrons. The number of carboxylic acids is 1. The van der Waals surface area contributed by atoms with Gasteiger partial charge in [0.1, 0.15) is 0 Å². The Morgan fingerprint density at radius 3 is 2.11 bits per heavy atom. The van der Waals surface area contributed by atoms with Gasteiger partial charge >= 0.3 is 5.97 Å². The number of piperazine rings is 1. The zero-order chi connectivity index (χ0) is 14.2. The van der Waals surface area contributed by atoms with Crippen LogP contribution in [0.4, 0.5) is 0 Å². The van der Waals surface area contributed by atoms with E-state index in [4.69, 9.17) is 0 Å². The van der Waals surface area contributed by atoms with Crippen molar-refractivity contribution in [2.45, 2.75) is 45.2 Å². The molecule has 0 aromatic heterocycles. The van der Waals surface area contributed by atoms with Crippen LogP contribution in [-0.4, -0.2) is 59.0 Å². The lowest BCUT2D eigenvalue weighted by molar-refractivity contribution is -0.150. The summed E-state index contributed by atoms with van der Waals surface area (Å²) in [5, 5.41) is 9.20. The van der Waals surface area contributed by atoms with Crippen LogP contribution in [0.3, 0.4) is 0 Å². The molecule has 0 spiro atoms. The Kier molecular flexibility index (Phi) is 4.13. The third kappa shape index (κ3) is 2.76. The van der Waals surface area contributed by atoms with Crippen LogP contribution >= 0.6 is 0 Å². The first-order chi connectivity index (χ1) is 8.91. The third-order valence-corrected chi connectivity index (χ3v) is 4.82. The van der Waals surface area contributed by atoms with Crippen LogP contribution in [0.2, 0.25) is 0 Å². The molecule has 5 nitrogen and oxygen atoms in total. The summed E-state index contributed by atoms with van der Waals surface area (Å²) in [7, 11) is 2.08. The van der Waals surface area contributed by atoms with Gasteiger partial charge in [-0.05, 0) is 33.7 Å². The van der Waals surface area contributed by atoms with Crippen molar-refractivity contribution in [2.24, 2.45) is 11.8 Å². The van der Waals surface area contributed by atoms with Gasteiger partial charge in [-0.2, -0.15) is 0 Å². The SMILES string of the molecule is CC1CN(C(=O)[C@@H]2CCC[C@@H]2C(=O)O)CC(C)N1C. The normalized spacial score (nSPS) is 36.5. The summed E-state index contributed by atoms with van der Waals surface area (Å²) < 4.78 is 0. The average Bonchev–Trinajstić information content (AvgIpc) is 2.83. The van der Waals surface area contributed by atoms with Gasteiger partial charge < -0.3 is 10.0 Å². The Hall–Kier alpha value is -1.10. The minimum atomic E-state index is -0.814. The third-order valence-electron chi connectivity index (χ3n) is 4.82. The molecule has 1 saturated carbocycles. The molecule has 0 bridgehead atoms. The zero-order valence-corrected chi connectivity index (χ0v) is 12.0. The van der Waals surface area contributed by atoms with Gasteiger partial charge in [0.2, 0.25) is 5.91 Å². The molecule has 2 aliphatic rings. The second-order valence-electron chi connectivity index (χ2n) is 6.09. The number of amides is 1. The molecule has 2 fully saturated rings. The minimum absolute atomic E-state index is 0.0525. The summed E-state index contributed by atoms with van der Waals surface area (Å²) in [6.07, 6.45) is 2.22. The molecule has 5 heteroatoms. The summed E-state index contributed by atoms with van der Waals surface area (Å²) in [6, 6.07) is 0.662. The van der Waals surface area contributed by atoms with E-state index in [9.17, 15) is 14.7 Å². The molecule has 0 aromatic rings. The molecule has 1 aliphatic heterocycles. The maximum atomic E-state index is 12.6. The Morgan fingerprint density at radius 2 is 1.58 bits per heavy atom. The van der Waals surface area contributed by atoms with E-state index in [-0.39, 0.29) is 11.8 Å². The van der Waals surface area contributed by atoms with Crippen LogP contribution in [0.15, 0.2) is 0 Å². The second-order valence-corrected chi connectivity index (χ2v) is 6.09. The summed E-state index contributed by atoms with van der Waals surface area (Å²) in [4.78, 5) is 27.9. The standard InChI is InChI=1S/C14H24N2O3/c1-9-7-16(8-10(2)15(9)3)13(17)11-5-4-6-12(11)14(18)19/h9-12H,4-8H2,1-3H3,(H,18,19)/t9?,10?,11-,12+/m1/s1. The lowest BCUT2D eigenvalue weighted by atomic mass is 9.93. The van der Waals surface area contributed by atoms with Crippen molar-refractivity contribution >= 4 is 11.9 Å². The maximum Gasteiger partial charge on any atom is 0.307 e. The Labute approximate surface area is 114 Å². The van der Waals surface area contributed by atoms with Gasteiger partial charge in [0.15, 0.2) is 0 Å². The fraction of sp³-hybridized carbons (Fsp3) is 0.857. The molecule has 19 heavy (non-hydrogen) atoms. The number of aliphatic carboxylic acids is 1. The Balaban J connectivity index is 2.05. The van der Waals surface area contributed by atoms with Crippen LogP contribution in [0.1, 0.15) is 33.1 Å². The molecule has 1 saturated heterocycles. The number of rotatable bonds is 2. The molecule has 1 aliphatic carbocycles. The highest BCUT2D eigenvalue weighted by molar-refractivity contribution is 5.85. The van der Waals surface area contributed by atoms with E-state index in [0.717, 1.165) is 12.8 Å². The fourth-order valence-corrected chi connectivity index (χ4v) is 3.37. The smallest absolute Gasteiger partial charge is 0.307 e. The number of carboxylic acid groups (broad SMARTS) is 1. The first-order valence-electron chi connectivity index (χ1n) is 7.15. The summed E-state index contributed by atoms with van der Waals surface area (Å²) >= 11 is 0. The first kappa shape index (κ1) is 14.3. The zero-order valence-electron chi connectivity index (χ0n) is 12.0. The van der Waals surface area contributed by atoms with Gasteiger partial charge in [-0.3, -0.25) is 14.5 Å². The van der Waals surface area contributed by atoms with Crippen molar-refractivity contribution in [3.8, 4) is 0 Å². The summed E-state index contributed by atoms with van der Waals surface area (Å²) in [5.74, 6) is -1.54. The molecule has 1 heterocycles. The van der Waals surface area contributed by atoms with Gasteiger partial charge in [0.25, 0.3) is 0 Å². The largest absolute Gasteiger partial charge is 0.481 e. The molecule has 2 unspecified atom stereocenters. The molecule has 0 radical (unpaired) electrons. The number of hydrogen-bond acceptors (Lipinski definition) is 3. The lowest BCUT2D eigenvalue weighted by Gasteiger charge is -2.43. The van der Waals surface area contributed by atoms with Crippen LogP contribution in [-0.2, 0) is 9.59 Å². The fourth-order valence-electron chi connectivity index (χ4n) is 3.37. The molecular weight excluding hydrogens is 244 g/mol. The van der Waals surface area contributed by atoms with Gasteiger partial charge in [-0.1, -0.05) is 6.42 Å². The molecule has 1 N–H and O–H groups in total. The topological polar surface area (TPSA) is 60.9 Å². The summed E-state index contributed by atoms with van der Waals surface area (Å²) in [5.41, 5.74) is 0. The van der Waals surface area contributed by atoms with E-state index in [2.05, 4.69) is 25.8 Å². The van der Waals surface area contributed by atoms with Crippen molar-refractivity contribution in [3.63, 3.8) is 0 Å². The van der Waals surface area contributed by atoms with Crippen molar-refractivity contribution in [1.29, 1.82) is 0 Å². The quantitative estimate of drug-likeness (QED) is 0.813. The predicted molar refractivity (Wildman–Crippen MR) is 71.7 cm³/mol.